The molecule has 1 aromatic rings. The van der Waals surface area contributed by atoms with Gasteiger partial charge in [-0.25, -0.2) is 0 Å². The third-order valence-electron chi connectivity index (χ3n) is 2.58. The van der Waals surface area contributed by atoms with Gasteiger partial charge >= 0.3 is 0 Å². The predicted molar refractivity (Wildman–Crippen MR) is 72.2 cm³/mol. The minimum absolute atomic E-state index is 0.559. The average Bonchev–Trinajstić information content (AvgIpc) is 2.33. The molecule has 0 aromatic heterocycles. The van der Waals surface area contributed by atoms with Crippen LogP contribution in [0.25, 0.3) is 0 Å². The van der Waals surface area contributed by atoms with Crippen LogP contribution in [0.1, 0.15) is 25.8 Å². The van der Waals surface area contributed by atoms with Gasteiger partial charge in [-0.15, -0.1) is 0 Å². The van der Waals surface area contributed by atoms with Gasteiger partial charge in [0, 0.05) is 13.1 Å². The van der Waals surface area contributed by atoms with E-state index in [1.165, 1.54) is 6.42 Å². The number of nitrogens with two attached hydrogens (primary N) is 1. The van der Waals surface area contributed by atoms with Gasteiger partial charge in [0.05, 0.1) is 0 Å². The van der Waals surface area contributed by atoms with Crippen molar-refractivity contribution in [1.82, 2.24) is 5.32 Å². The van der Waals surface area contributed by atoms with Gasteiger partial charge in [-0.2, -0.15) is 0 Å². The molecule has 0 aliphatic carbocycles. The minimum Gasteiger partial charge on any atom is -0.492 e. The molecule has 3 N–H and O–H groups in total. The quantitative estimate of drug-likeness (QED) is 0.680. The fourth-order valence-corrected chi connectivity index (χ4v) is 1.52. The number of benzene rings is 1. The van der Waals surface area contributed by atoms with Crippen LogP contribution in [-0.4, -0.2) is 19.7 Å². The van der Waals surface area contributed by atoms with E-state index in [1.54, 1.807) is 0 Å². The zero-order chi connectivity index (χ0) is 12.5. The molecule has 0 aliphatic rings. The summed E-state index contributed by atoms with van der Waals surface area (Å²) in [4.78, 5) is 0. The molecule has 0 aliphatic heterocycles. The Balaban J connectivity index is 2.13. The molecule has 0 radical (unpaired) electrons. The van der Waals surface area contributed by atoms with Gasteiger partial charge in [0.15, 0.2) is 0 Å². The van der Waals surface area contributed by atoms with E-state index in [1.807, 2.05) is 24.3 Å². The lowest BCUT2D eigenvalue weighted by molar-refractivity contribution is 0.312. The summed E-state index contributed by atoms with van der Waals surface area (Å²) in [5.41, 5.74) is 6.68. The molecule has 0 unspecified atom stereocenters. The Labute approximate surface area is 104 Å². The first-order valence-corrected chi connectivity index (χ1v) is 6.35. The lowest BCUT2D eigenvalue weighted by Crippen LogP contribution is -2.23. The van der Waals surface area contributed by atoms with E-state index in [9.17, 15) is 0 Å². The van der Waals surface area contributed by atoms with Crippen molar-refractivity contribution >= 4 is 0 Å². The zero-order valence-electron chi connectivity index (χ0n) is 10.9. The van der Waals surface area contributed by atoms with E-state index in [2.05, 4.69) is 19.2 Å². The Morgan fingerprint density at radius 3 is 2.82 bits per heavy atom. The van der Waals surface area contributed by atoms with Gasteiger partial charge in [-0.3, -0.25) is 0 Å². The fourth-order valence-electron chi connectivity index (χ4n) is 1.52. The second-order valence-corrected chi connectivity index (χ2v) is 4.63. The summed E-state index contributed by atoms with van der Waals surface area (Å²) < 4.78 is 5.64. The first kappa shape index (κ1) is 14.0. The van der Waals surface area contributed by atoms with Gasteiger partial charge in [-0.1, -0.05) is 26.0 Å². The standard InChI is InChI=1S/C14H24N2O/c1-12(2)6-7-16-8-9-17-14-5-3-4-13(10-14)11-15/h3-5,10,12,16H,6-9,11,15H2,1-2H3. The third-order valence-corrected chi connectivity index (χ3v) is 2.58. The SMILES string of the molecule is CC(C)CCNCCOc1cccc(CN)c1. The Bertz CT molecular complexity index is 313. The Morgan fingerprint density at radius 1 is 1.29 bits per heavy atom. The van der Waals surface area contributed by atoms with Crippen molar-refractivity contribution in [3.05, 3.63) is 29.8 Å². The topological polar surface area (TPSA) is 47.3 Å². The average molecular weight is 236 g/mol. The molecule has 0 fully saturated rings. The summed E-state index contributed by atoms with van der Waals surface area (Å²) >= 11 is 0. The highest BCUT2D eigenvalue weighted by Crippen LogP contribution is 2.12. The predicted octanol–water partition coefficient (Wildman–Crippen LogP) is 2.16. The maximum atomic E-state index is 5.64. The van der Waals surface area contributed by atoms with Gasteiger partial charge in [0.2, 0.25) is 0 Å². The number of rotatable bonds is 8. The van der Waals surface area contributed by atoms with Crippen LogP contribution in [0, 0.1) is 5.92 Å². The van der Waals surface area contributed by atoms with Crippen LogP contribution in [0.5, 0.6) is 5.75 Å². The maximum Gasteiger partial charge on any atom is 0.119 e. The molecule has 3 nitrogen and oxygen atoms in total. The van der Waals surface area contributed by atoms with Crippen LogP contribution < -0.4 is 15.8 Å². The minimum atomic E-state index is 0.559. The smallest absolute Gasteiger partial charge is 0.119 e. The van der Waals surface area contributed by atoms with Crippen molar-refractivity contribution < 1.29 is 4.74 Å². The van der Waals surface area contributed by atoms with Crippen molar-refractivity contribution in [2.75, 3.05) is 19.7 Å². The summed E-state index contributed by atoms with van der Waals surface area (Å²) in [5, 5.41) is 3.37. The molecule has 96 valence electrons. The van der Waals surface area contributed by atoms with E-state index in [0.717, 1.165) is 30.3 Å². The van der Waals surface area contributed by atoms with Crippen molar-refractivity contribution in [2.24, 2.45) is 11.7 Å². The second kappa shape index (κ2) is 8.09. The van der Waals surface area contributed by atoms with Crippen molar-refractivity contribution in [3.8, 4) is 5.75 Å². The van der Waals surface area contributed by atoms with Crippen LogP contribution in [-0.2, 0) is 6.54 Å². The summed E-state index contributed by atoms with van der Waals surface area (Å²) in [6, 6.07) is 7.94. The van der Waals surface area contributed by atoms with Crippen molar-refractivity contribution in [1.29, 1.82) is 0 Å². The van der Waals surface area contributed by atoms with Crippen LogP contribution in [0.15, 0.2) is 24.3 Å². The molecular weight excluding hydrogens is 212 g/mol. The molecule has 0 amide bonds. The normalized spacial score (nSPS) is 10.8. The Hall–Kier alpha value is -1.06. The van der Waals surface area contributed by atoms with Crippen LogP contribution in [0.3, 0.4) is 0 Å². The molecule has 0 spiro atoms. The van der Waals surface area contributed by atoms with E-state index < -0.39 is 0 Å². The molecule has 1 aromatic carbocycles. The summed E-state index contributed by atoms with van der Waals surface area (Å²) in [7, 11) is 0. The second-order valence-electron chi connectivity index (χ2n) is 4.63. The Morgan fingerprint density at radius 2 is 2.12 bits per heavy atom. The largest absolute Gasteiger partial charge is 0.492 e. The summed E-state index contributed by atoms with van der Waals surface area (Å²) in [6.45, 7) is 7.67. The molecule has 0 heterocycles. The first-order valence-electron chi connectivity index (χ1n) is 6.35. The summed E-state index contributed by atoms with van der Waals surface area (Å²) in [5.74, 6) is 1.66. The lowest BCUT2D eigenvalue weighted by Gasteiger charge is -2.09. The molecule has 17 heavy (non-hydrogen) atoms. The van der Waals surface area contributed by atoms with E-state index in [-0.39, 0.29) is 0 Å². The van der Waals surface area contributed by atoms with E-state index in [4.69, 9.17) is 10.5 Å². The molecule has 0 atom stereocenters. The summed E-state index contributed by atoms with van der Waals surface area (Å²) in [6.07, 6.45) is 1.21. The van der Waals surface area contributed by atoms with Gasteiger partial charge in [0.25, 0.3) is 0 Å². The molecule has 1 rings (SSSR count). The molecule has 3 heteroatoms. The van der Waals surface area contributed by atoms with Gasteiger partial charge in [0.1, 0.15) is 12.4 Å². The highest BCUT2D eigenvalue weighted by atomic mass is 16.5. The number of ether oxygens (including phenoxy) is 1. The van der Waals surface area contributed by atoms with Crippen LogP contribution in [0.4, 0.5) is 0 Å². The number of nitrogens with one attached hydrogen (secondary N) is 1. The Kier molecular flexibility index (Phi) is 6.67. The number of hydrogen-bond acceptors (Lipinski definition) is 3. The zero-order valence-corrected chi connectivity index (χ0v) is 10.9. The molecule has 0 saturated carbocycles. The van der Waals surface area contributed by atoms with Crippen molar-refractivity contribution in [2.45, 2.75) is 26.8 Å². The van der Waals surface area contributed by atoms with E-state index >= 15 is 0 Å². The fraction of sp³-hybridized carbons (Fsp3) is 0.571. The molecular formula is C14H24N2O. The first-order chi connectivity index (χ1) is 8.22. The molecule has 0 bridgehead atoms. The van der Waals surface area contributed by atoms with E-state index in [0.29, 0.717) is 13.2 Å². The maximum absolute atomic E-state index is 5.64. The van der Waals surface area contributed by atoms with Gasteiger partial charge in [-0.05, 0) is 36.6 Å². The lowest BCUT2D eigenvalue weighted by atomic mass is 10.1. The van der Waals surface area contributed by atoms with Crippen LogP contribution >= 0.6 is 0 Å². The molecule has 0 saturated heterocycles. The number of hydrogen-bond donors (Lipinski definition) is 2. The van der Waals surface area contributed by atoms with Gasteiger partial charge < -0.3 is 15.8 Å². The van der Waals surface area contributed by atoms with Crippen LogP contribution in [0.2, 0.25) is 0 Å². The van der Waals surface area contributed by atoms with Crippen molar-refractivity contribution in [3.63, 3.8) is 0 Å². The third kappa shape index (κ3) is 6.29. The highest BCUT2D eigenvalue weighted by Gasteiger charge is 1.96. The highest BCUT2D eigenvalue weighted by molar-refractivity contribution is 5.28. The monoisotopic (exact) mass is 236 g/mol.